The highest BCUT2D eigenvalue weighted by atomic mass is 32.1. The summed E-state index contributed by atoms with van der Waals surface area (Å²) in [6.45, 7) is 12.9. The fraction of sp³-hybridized carbons (Fsp3) is 0.765. The summed E-state index contributed by atoms with van der Waals surface area (Å²) in [5.41, 5.74) is 1.86. The van der Waals surface area contributed by atoms with Crippen LogP contribution in [0.5, 0.6) is 0 Å². The van der Waals surface area contributed by atoms with E-state index in [4.69, 9.17) is 0 Å². The number of hydrogen-bond donors (Lipinski definition) is 1. The van der Waals surface area contributed by atoms with Crippen molar-refractivity contribution in [3.8, 4) is 0 Å². The minimum atomic E-state index is 0.363. The van der Waals surface area contributed by atoms with Crippen molar-refractivity contribution in [2.24, 2.45) is 5.92 Å². The second-order valence-electron chi connectivity index (χ2n) is 6.49. The molecule has 1 aliphatic heterocycles. The molecule has 0 spiro atoms. The molecule has 20 heavy (non-hydrogen) atoms. The van der Waals surface area contributed by atoms with Gasteiger partial charge in [-0.15, -0.1) is 0 Å². The van der Waals surface area contributed by atoms with E-state index in [-0.39, 0.29) is 0 Å². The highest BCUT2D eigenvalue weighted by Gasteiger charge is 2.39. The summed E-state index contributed by atoms with van der Waals surface area (Å²) in [7, 11) is 0. The Kier molecular flexibility index (Phi) is 5.65. The predicted molar refractivity (Wildman–Crippen MR) is 89.5 cm³/mol. The van der Waals surface area contributed by atoms with Crippen molar-refractivity contribution >= 4 is 11.3 Å². The normalized spacial score (nSPS) is 23.4. The van der Waals surface area contributed by atoms with Crippen LogP contribution in [0.4, 0.5) is 0 Å². The van der Waals surface area contributed by atoms with Gasteiger partial charge in [0.1, 0.15) is 0 Å². The third-order valence-corrected chi connectivity index (χ3v) is 5.88. The van der Waals surface area contributed by atoms with E-state index in [0.29, 0.717) is 17.5 Å². The molecule has 0 aromatic carbocycles. The molecule has 1 saturated heterocycles. The van der Waals surface area contributed by atoms with Gasteiger partial charge in [-0.1, -0.05) is 27.7 Å². The summed E-state index contributed by atoms with van der Waals surface area (Å²) in [6.07, 6.45) is 3.67. The van der Waals surface area contributed by atoms with Crippen LogP contribution in [0.1, 0.15) is 46.1 Å². The highest BCUT2D eigenvalue weighted by molar-refractivity contribution is 7.07. The minimum absolute atomic E-state index is 0.363. The SMILES string of the molecule is CCC1(CC)CNC(C(C)C)CN1CCc1ccsc1. The number of hydrogen-bond acceptors (Lipinski definition) is 3. The van der Waals surface area contributed by atoms with E-state index in [1.165, 1.54) is 37.9 Å². The quantitative estimate of drug-likeness (QED) is 0.859. The van der Waals surface area contributed by atoms with Crippen LogP contribution in [0.15, 0.2) is 16.8 Å². The third kappa shape index (κ3) is 3.44. The zero-order valence-corrected chi connectivity index (χ0v) is 14.3. The summed E-state index contributed by atoms with van der Waals surface area (Å²) >= 11 is 1.81. The first-order chi connectivity index (χ1) is 9.61. The summed E-state index contributed by atoms with van der Waals surface area (Å²) in [5, 5.41) is 8.28. The average molecular weight is 295 g/mol. The van der Waals surface area contributed by atoms with E-state index in [9.17, 15) is 0 Å². The van der Waals surface area contributed by atoms with Crippen molar-refractivity contribution in [3.63, 3.8) is 0 Å². The molecule has 2 nitrogen and oxygen atoms in total. The van der Waals surface area contributed by atoms with E-state index in [1.54, 1.807) is 0 Å². The van der Waals surface area contributed by atoms with Crippen molar-refractivity contribution in [3.05, 3.63) is 22.4 Å². The van der Waals surface area contributed by atoms with Gasteiger partial charge >= 0.3 is 0 Å². The van der Waals surface area contributed by atoms with Gasteiger partial charge in [0, 0.05) is 31.2 Å². The van der Waals surface area contributed by atoms with Crippen molar-refractivity contribution in [2.45, 2.75) is 58.5 Å². The molecule has 114 valence electrons. The zero-order chi connectivity index (χ0) is 14.6. The smallest absolute Gasteiger partial charge is 0.0329 e. The number of nitrogens with zero attached hydrogens (tertiary/aromatic N) is 1. The third-order valence-electron chi connectivity index (χ3n) is 5.15. The maximum Gasteiger partial charge on any atom is 0.0329 e. The van der Waals surface area contributed by atoms with Crippen LogP contribution >= 0.6 is 11.3 Å². The lowest BCUT2D eigenvalue weighted by molar-refractivity contribution is 0.0234. The lowest BCUT2D eigenvalue weighted by Gasteiger charge is -2.50. The van der Waals surface area contributed by atoms with Crippen LogP contribution in [0.3, 0.4) is 0 Å². The summed E-state index contributed by atoms with van der Waals surface area (Å²) in [5.74, 6) is 0.713. The van der Waals surface area contributed by atoms with Gasteiger partial charge in [-0.2, -0.15) is 11.3 Å². The Hall–Kier alpha value is -0.380. The highest BCUT2D eigenvalue weighted by Crippen LogP contribution is 2.28. The van der Waals surface area contributed by atoms with Crippen LogP contribution in [-0.2, 0) is 6.42 Å². The molecule has 0 aliphatic carbocycles. The van der Waals surface area contributed by atoms with Crippen molar-refractivity contribution < 1.29 is 0 Å². The topological polar surface area (TPSA) is 15.3 Å². The Labute approximate surface area is 128 Å². The molecule has 0 saturated carbocycles. The fourth-order valence-electron chi connectivity index (χ4n) is 3.35. The predicted octanol–water partition coefficient (Wildman–Crippen LogP) is 3.78. The molecule has 1 aliphatic rings. The summed E-state index contributed by atoms with van der Waals surface area (Å²) in [4.78, 5) is 2.77. The maximum atomic E-state index is 3.79. The first-order valence-electron chi connectivity index (χ1n) is 8.11. The van der Waals surface area contributed by atoms with Gasteiger partial charge in [-0.25, -0.2) is 0 Å². The largest absolute Gasteiger partial charge is 0.311 e. The molecule has 0 radical (unpaired) electrons. The Bertz CT molecular complexity index is 382. The average Bonchev–Trinajstić information content (AvgIpc) is 2.98. The van der Waals surface area contributed by atoms with E-state index < -0.39 is 0 Å². The van der Waals surface area contributed by atoms with Crippen LogP contribution in [-0.4, -0.2) is 36.1 Å². The monoisotopic (exact) mass is 294 g/mol. The lowest BCUT2D eigenvalue weighted by Crippen LogP contribution is -2.65. The molecule has 1 unspecified atom stereocenters. The molecule has 3 heteroatoms. The van der Waals surface area contributed by atoms with E-state index >= 15 is 0 Å². The molecule has 1 atom stereocenters. The van der Waals surface area contributed by atoms with Gasteiger partial charge in [0.05, 0.1) is 0 Å². The molecule has 1 N–H and O–H groups in total. The standard InChI is InChI=1S/C17H30N2S/c1-5-17(6-2)13-18-16(14(3)4)11-19(17)9-7-15-8-10-20-12-15/h8,10,12,14,16,18H,5-7,9,11,13H2,1-4H3. The Morgan fingerprint density at radius 2 is 2.15 bits per heavy atom. The molecule has 2 heterocycles. The van der Waals surface area contributed by atoms with E-state index in [2.05, 4.69) is 54.7 Å². The van der Waals surface area contributed by atoms with E-state index in [0.717, 1.165) is 6.54 Å². The van der Waals surface area contributed by atoms with E-state index in [1.807, 2.05) is 11.3 Å². The molecule has 1 aromatic rings. The molecule has 0 bridgehead atoms. The van der Waals surface area contributed by atoms with Crippen molar-refractivity contribution in [2.75, 3.05) is 19.6 Å². The number of thiophene rings is 1. The second kappa shape index (κ2) is 7.06. The van der Waals surface area contributed by atoms with Gasteiger partial charge in [0.25, 0.3) is 0 Å². The summed E-state index contributed by atoms with van der Waals surface area (Å²) < 4.78 is 0. The van der Waals surface area contributed by atoms with Crippen LogP contribution < -0.4 is 5.32 Å². The first kappa shape index (κ1) is 16.0. The Morgan fingerprint density at radius 3 is 2.70 bits per heavy atom. The second-order valence-corrected chi connectivity index (χ2v) is 7.27. The molecule has 0 amide bonds. The molecular formula is C17H30N2S. The number of nitrogens with one attached hydrogen (secondary N) is 1. The zero-order valence-electron chi connectivity index (χ0n) is 13.5. The van der Waals surface area contributed by atoms with Gasteiger partial charge < -0.3 is 5.32 Å². The molecular weight excluding hydrogens is 264 g/mol. The molecule has 1 aromatic heterocycles. The first-order valence-corrected chi connectivity index (χ1v) is 9.05. The number of piperazine rings is 1. The summed E-state index contributed by atoms with van der Waals surface area (Å²) in [6, 6.07) is 2.91. The van der Waals surface area contributed by atoms with Crippen LogP contribution in [0, 0.1) is 5.92 Å². The minimum Gasteiger partial charge on any atom is -0.311 e. The van der Waals surface area contributed by atoms with Crippen molar-refractivity contribution in [1.29, 1.82) is 0 Å². The van der Waals surface area contributed by atoms with Gasteiger partial charge in [0.2, 0.25) is 0 Å². The van der Waals surface area contributed by atoms with Crippen LogP contribution in [0.2, 0.25) is 0 Å². The molecule has 2 rings (SSSR count). The van der Waals surface area contributed by atoms with Crippen molar-refractivity contribution in [1.82, 2.24) is 10.2 Å². The molecule has 1 fully saturated rings. The van der Waals surface area contributed by atoms with Crippen LogP contribution in [0.25, 0.3) is 0 Å². The Morgan fingerprint density at radius 1 is 1.40 bits per heavy atom. The Balaban J connectivity index is 2.05. The lowest BCUT2D eigenvalue weighted by atomic mass is 9.85. The van der Waals surface area contributed by atoms with Gasteiger partial charge in [0.15, 0.2) is 0 Å². The maximum absolute atomic E-state index is 3.79. The van der Waals surface area contributed by atoms with Gasteiger partial charge in [-0.05, 0) is 47.6 Å². The van der Waals surface area contributed by atoms with Gasteiger partial charge in [-0.3, -0.25) is 4.90 Å². The number of rotatable bonds is 6. The fourth-order valence-corrected chi connectivity index (χ4v) is 4.05.